The quantitative estimate of drug-likeness (QED) is 0.903. The maximum atomic E-state index is 5.60. The van der Waals surface area contributed by atoms with Crippen molar-refractivity contribution in [3.05, 3.63) is 35.3 Å². The second-order valence-electron chi connectivity index (χ2n) is 3.72. The minimum absolute atomic E-state index is 0.614. The van der Waals surface area contributed by atoms with Gasteiger partial charge >= 0.3 is 0 Å². The van der Waals surface area contributed by atoms with Crippen LogP contribution in [0.3, 0.4) is 0 Å². The molecule has 0 saturated carbocycles. The maximum Gasteiger partial charge on any atom is 0.180 e. The predicted molar refractivity (Wildman–Crippen MR) is 71.6 cm³/mol. The van der Waals surface area contributed by atoms with Crippen LogP contribution in [0.4, 0.5) is 10.8 Å². The molecule has 0 amide bonds. The summed E-state index contributed by atoms with van der Waals surface area (Å²) in [4.78, 5) is 7.34. The van der Waals surface area contributed by atoms with E-state index >= 15 is 0 Å². The summed E-state index contributed by atoms with van der Waals surface area (Å²) in [5, 5.41) is 0.614. The summed E-state index contributed by atoms with van der Waals surface area (Å²) in [6, 6.07) is 7.96. The Labute approximate surface area is 105 Å². The first kappa shape index (κ1) is 11.7. The van der Waals surface area contributed by atoms with E-state index in [1.54, 1.807) is 7.11 Å². The van der Waals surface area contributed by atoms with Crippen LogP contribution in [0.2, 0.25) is 0 Å². The third kappa shape index (κ3) is 2.88. The minimum Gasteiger partial charge on any atom is -0.497 e. The average molecular weight is 249 g/mol. The van der Waals surface area contributed by atoms with Crippen molar-refractivity contribution in [2.75, 3.05) is 24.8 Å². The van der Waals surface area contributed by atoms with Gasteiger partial charge in [-0.15, -0.1) is 11.3 Å². The standard InChI is InChI=1S/C12H15N3OS/c1-15(8-11-7-14-12(13)17-11)9-3-5-10(16-2)6-4-9/h3-7H,8H2,1-2H3,(H2,13,14). The lowest BCUT2D eigenvalue weighted by molar-refractivity contribution is 0.415. The second-order valence-corrected chi connectivity index (χ2v) is 4.87. The van der Waals surface area contributed by atoms with Crippen LogP contribution in [-0.4, -0.2) is 19.1 Å². The first-order chi connectivity index (χ1) is 8.19. The predicted octanol–water partition coefficient (Wildman–Crippen LogP) is 2.37. The van der Waals surface area contributed by atoms with Crippen molar-refractivity contribution in [3.8, 4) is 5.75 Å². The Morgan fingerprint density at radius 3 is 2.59 bits per heavy atom. The molecule has 2 N–H and O–H groups in total. The van der Waals surface area contributed by atoms with Crippen molar-refractivity contribution in [3.63, 3.8) is 0 Å². The number of nitrogens with two attached hydrogens (primary N) is 1. The molecule has 0 unspecified atom stereocenters. The van der Waals surface area contributed by atoms with Crippen LogP contribution < -0.4 is 15.4 Å². The number of ether oxygens (including phenoxy) is 1. The molecule has 2 aromatic rings. The van der Waals surface area contributed by atoms with Gasteiger partial charge < -0.3 is 15.4 Å². The number of rotatable bonds is 4. The van der Waals surface area contributed by atoms with Gasteiger partial charge in [0.15, 0.2) is 5.13 Å². The van der Waals surface area contributed by atoms with Gasteiger partial charge in [0.2, 0.25) is 0 Å². The molecule has 2 rings (SSSR count). The number of benzene rings is 1. The minimum atomic E-state index is 0.614. The highest BCUT2D eigenvalue weighted by Crippen LogP contribution is 2.22. The molecule has 0 aliphatic heterocycles. The van der Waals surface area contributed by atoms with Crippen molar-refractivity contribution in [2.45, 2.75) is 6.54 Å². The van der Waals surface area contributed by atoms with Crippen LogP contribution in [0.15, 0.2) is 30.5 Å². The Morgan fingerprint density at radius 1 is 1.35 bits per heavy atom. The molecule has 90 valence electrons. The molecule has 0 radical (unpaired) electrons. The number of anilines is 2. The number of nitrogens with zero attached hydrogens (tertiary/aromatic N) is 2. The van der Waals surface area contributed by atoms with E-state index in [1.165, 1.54) is 11.3 Å². The Kier molecular flexibility index (Phi) is 3.49. The van der Waals surface area contributed by atoms with Gasteiger partial charge in [-0.1, -0.05) is 0 Å². The van der Waals surface area contributed by atoms with E-state index in [0.29, 0.717) is 5.13 Å². The van der Waals surface area contributed by atoms with Crippen molar-refractivity contribution >= 4 is 22.2 Å². The molecule has 0 atom stereocenters. The van der Waals surface area contributed by atoms with E-state index in [4.69, 9.17) is 10.5 Å². The Balaban J connectivity index is 2.06. The van der Waals surface area contributed by atoms with Crippen molar-refractivity contribution in [1.82, 2.24) is 4.98 Å². The van der Waals surface area contributed by atoms with Gasteiger partial charge in [0, 0.05) is 23.8 Å². The lowest BCUT2D eigenvalue weighted by Gasteiger charge is -2.18. The van der Waals surface area contributed by atoms with Crippen molar-refractivity contribution in [1.29, 1.82) is 0 Å². The molecular weight excluding hydrogens is 234 g/mol. The second kappa shape index (κ2) is 5.05. The fourth-order valence-electron chi connectivity index (χ4n) is 1.56. The summed E-state index contributed by atoms with van der Waals surface area (Å²) in [5.74, 6) is 0.865. The SMILES string of the molecule is COc1ccc(N(C)Cc2cnc(N)s2)cc1. The van der Waals surface area contributed by atoms with Gasteiger partial charge in [0.1, 0.15) is 5.75 Å². The smallest absolute Gasteiger partial charge is 0.180 e. The van der Waals surface area contributed by atoms with E-state index in [9.17, 15) is 0 Å². The zero-order valence-electron chi connectivity index (χ0n) is 9.88. The van der Waals surface area contributed by atoms with Crippen LogP contribution in [0.5, 0.6) is 5.75 Å². The molecule has 0 bridgehead atoms. The van der Waals surface area contributed by atoms with E-state index in [2.05, 4.69) is 9.88 Å². The van der Waals surface area contributed by atoms with Crippen LogP contribution in [0.1, 0.15) is 4.88 Å². The van der Waals surface area contributed by atoms with Crippen LogP contribution in [-0.2, 0) is 6.54 Å². The first-order valence-electron chi connectivity index (χ1n) is 5.24. The molecule has 5 heteroatoms. The topological polar surface area (TPSA) is 51.4 Å². The lowest BCUT2D eigenvalue weighted by Crippen LogP contribution is -2.15. The van der Waals surface area contributed by atoms with Gasteiger partial charge in [-0.3, -0.25) is 0 Å². The Hall–Kier alpha value is -1.75. The molecule has 17 heavy (non-hydrogen) atoms. The van der Waals surface area contributed by atoms with Crippen molar-refractivity contribution in [2.24, 2.45) is 0 Å². The fourth-order valence-corrected chi connectivity index (χ4v) is 2.30. The molecule has 1 heterocycles. The van der Waals surface area contributed by atoms with Gasteiger partial charge in [-0.2, -0.15) is 0 Å². The highest BCUT2D eigenvalue weighted by Gasteiger charge is 2.05. The molecule has 0 aliphatic carbocycles. The van der Waals surface area contributed by atoms with Gasteiger partial charge in [-0.25, -0.2) is 4.98 Å². The number of aromatic nitrogens is 1. The monoisotopic (exact) mass is 249 g/mol. The first-order valence-corrected chi connectivity index (χ1v) is 6.06. The highest BCUT2D eigenvalue weighted by molar-refractivity contribution is 7.15. The Morgan fingerprint density at radius 2 is 2.06 bits per heavy atom. The molecular formula is C12H15N3OS. The molecule has 4 nitrogen and oxygen atoms in total. The van der Waals surface area contributed by atoms with Crippen LogP contribution in [0.25, 0.3) is 0 Å². The number of hydrogen-bond donors (Lipinski definition) is 1. The Bertz CT molecular complexity index is 481. The number of thiazole rings is 1. The summed E-state index contributed by atoms with van der Waals surface area (Å²) in [6.45, 7) is 0.807. The molecule has 1 aromatic heterocycles. The van der Waals surface area contributed by atoms with Gasteiger partial charge in [0.25, 0.3) is 0 Å². The average Bonchev–Trinajstić information content (AvgIpc) is 2.75. The third-order valence-corrected chi connectivity index (χ3v) is 3.29. The summed E-state index contributed by atoms with van der Waals surface area (Å²) < 4.78 is 5.13. The number of nitrogen functional groups attached to an aromatic ring is 1. The zero-order valence-corrected chi connectivity index (χ0v) is 10.7. The summed E-state index contributed by atoms with van der Waals surface area (Å²) >= 11 is 1.52. The van der Waals surface area contributed by atoms with Crippen molar-refractivity contribution < 1.29 is 4.74 Å². The largest absolute Gasteiger partial charge is 0.497 e. The highest BCUT2D eigenvalue weighted by atomic mass is 32.1. The lowest BCUT2D eigenvalue weighted by atomic mass is 10.3. The number of methoxy groups -OCH3 is 1. The molecule has 1 aromatic carbocycles. The normalized spacial score (nSPS) is 10.2. The van der Waals surface area contributed by atoms with E-state index in [-0.39, 0.29) is 0 Å². The zero-order chi connectivity index (χ0) is 12.3. The summed E-state index contributed by atoms with van der Waals surface area (Å²) in [6.07, 6.45) is 1.82. The summed E-state index contributed by atoms with van der Waals surface area (Å²) in [7, 11) is 3.70. The third-order valence-electron chi connectivity index (χ3n) is 2.48. The maximum absolute atomic E-state index is 5.60. The van der Waals surface area contributed by atoms with Crippen LogP contribution in [0, 0.1) is 0 Å². The molecule has 0 saturated heterocycles. The molecule has 0 aliphatic rings. The van der Waals surface area contributed by atoms with E-state index < -0.39 is 0 Å². The summed E-state index contributed by atoms with van der Waals surface area (Å²) in [5.41, 5.74) is 6.74. The molecule has 0 fully saturated rings. The van der Waals surface area contributed by atoms with Crippen LogP contribution >= 0.6 is 11.3 Å². The van der Waals surface area contributed by atoms with E-state index in [0.717, 1.165) is 22.9 Å². The number of hydrogen-bond acceptors (Lipinski definition) is 5. The van der Waals surface area contributed by atoms with Gasteiger partial charge in [-0.05, 0) is 24.3 Å². The molecule has 0 spiro atoms. The fraction of sp³-hybridized carbons (Fsp3) is 0.250. The van der Waals surface area contributed by atoms with Gasteiger partial charge in [0.05, 0.1) is 13.7 Å². The van der Waals surface area contributed by atoms with E-state index in [1.807, 2.05) is 37.5 Å².